The van der Waals surface area contributed by atoms with Gasteiger partial charge in [0, 0.05) is 11.1 Å². The monoisotopic (exact) mass is 160 g/mol. The van der Waals surface area contributed by atoms with Crippen LogP contribution in [-0.4, -0.2) is 10.1 Å². The van der Waals surface area contributed by atoms with Crippen molar-refractivity contribution >= 4 is 16.6 Å². The molecule has 1 aromatic heterocycles. The van der Waals surface area contributed by atoms with Crippen LogP contribution in [0.15, 0.2) is 30.5 Å². The van der Waals surface area contributed by atoms with Gasteiger partial charge in [0.25, 0.3) is 0 Å². The first-order chi connectivity index (χ1) is 5.75. The van der Waals surface area contributed by atoms with Gasteiger partial charge in [-0.3, -0.25) is 4.98 Å². The standard InChI is InChI=1S/C9H8N2O/c10-7-1-2-9-6(3-7)4-8(12)5-11-9/h1-5,12H,10H2. The maximum absolute atomic E-state index is 9.12. The minimum absolute atomic E-state index is 0.160. The predicted octanol–water partition coefficient (Wildman–Crippen LogP) is 1.52. The molecule has 0 atom stereocenters. The average Bonchev–Trinajstić information content (AvgIpc) is 2.03. The Morgan fingerprint density at radius 2 is 2.08 bits per heavy atom. The van der Waals surface area contributed by atoms with Crippen LogP contribution in [0.25, 0.3) is 10.9 Å². The summed E-state index contributed by atoms with van der Waals surface area (Å²) in [7, 11) is 0. The molecule has 0 fully saturated rings. The minimum Gasteiger partial charge on any atom is -0.506 e. The van der Waals surface area contributed by atoms with Crippen LogP contribution in [0.4, 0.5) is 5.69 Å². The van der Waals surface area contributed by atoms with E-state index in [0.717, 1.165) is 10.9 Å². The molecular formula is C9H8N2O. The summed E-state index contributed by atoms with van der Waals surface area (Å²) in [4.78, 5) is 4.02. The van der Waals surface area contributed by atoms with Gasteiger partial charge in [-0.15, -0.1) is 0 Å². The van der Waals surface area contributed by atoms with E-state index in [2.05, 4.69) is 4.98 Å². The number of nitrogens with two attached hydrogens (primary N) is 1. The first-order valence-corrected chi connectivity index (χ1v) is 3.60. The van der Waals surface area contributed by atoms with Gasteiger partial charge in [0.2, 0.25) is 0 Å². The first kappa shape index (κ1) is 6.91. The molecule has 3 N–H and O–H groups in total. The summed E-state index contributed by atoms with van der Waals surface area (Å²) in [5.74, 6) is 0.160. The average molecular weight is 160 g/mol. The van der Waals surface area contributed by atoms with Crippen LogP contribution >= 0.6 is 0 Å². The highest BCUT2D eigenvalue weighted by Crippen LogP contribution is 2.18. The van der Waals surface area contributed by atoms with Crippen molar-refractivity contribution in [1.29, 1.82) is 0 Å². The van der Waals surface area contributed by atoms with Crippen molar-refractivity contribution in [2.24, 2.45) is 0 Å². The van der Waals surface area contributed by atoms with E-state index in [0.29, 0.717) is 5.69 Å². The summed E-state index contributed by atoms with van der Waals surface area (Å²) >= 11 is 0. The Hall–Kier alpha value is -1.77. The van der Waals surface area contributed by atoms with Gasteiger partial charge in [-0.1, -0.05) is 0 Å². The lowest BCUT2D eigenvalue weighted by Gasteiger charge is -1.98. The lowest BCUT2D eigenvalue weighted by molar-refractivity contribution is 0.474. The molecule has 60 valence electrons. The molecule has 3 nitrogen and oxygen atoms in total. The fourth-order valence-electron chi connectivity index (χ4n) is 1.14. The maximum Gasteiger partial charge on any atom is 0.134 e. The van der Waals surface area contributed by atoms with Gasteiger partial charge in [-0.05, 0) is 24.3 Å². The van der Waals surface area contributed by atoms with Gasteiger partial charge in [-0.25, -0.2) is 0 Å². The number of pyridine rings is 1. The summed E-state index contributed by atoms with van der Waals surface area (Å²) in [6, 6.07) is 7.03. The molecule has 12 heavy (non-hydrogen) atoms. The Kier molecular flexibility index (Phi) is 1.37. The van der Waals surface area contributed by atoms with E-state index in [4.69, 9.17) is 10.8 Å². The Balaban J connectivity index is 2.80. The Bertz CT molecular complexity index is 389. The molecule has 1 heterocycles. The zero-order valence-corrected chi connectivity index (χ0v) is 6.36. The molecule has 3 heteroatoms. The Labute approximate surface area is 69.5 Å². The number of rotatable bonds is 0. The molecule has 0 unspecified atom stereocenters. The van der Waals surface area contributed by atoms with Crippen molar-refractivity contribution in [1.82, 2.24) is 4.98 Å². The summed E-state index contributed by atoms with van der Waals surface area (Å²) in [6.07, 6.45) is 1.42. The van der Waals surface area contributed by atoms with Crippen molar-refractivity contribution in [2.45, 2.75) is 0 Å². The summed E-state index contributed by atoms with van der Waals surface area (Å²) in [5.41, 5.74) is 7.08. The minimum atomic E-state index is 0.160. The molecule has 0 aliphatic carbocycles. The number of nitrogens with zero attached hydrogens (tertiary/aromatic N) is 1. The van der Waals surface area contributed by atoms with Crippen LogP contribution in [0.2, 0.25) is 0 Å². The Morgan fingerprint density at radius 1 is 1.25 bits per heavy atom. The number of fused-ring (bicyclic) bond motifs is 1. The molecule has 0 saturated carbocycles. The number of anilines is 1. The van der Waals surface area contributed by atoms with Crippen molar-refractivity contribution in [3.8, 4) is 5.75 Å². The van der Waals surface area contributed by atoms with E-state index < -0.39 is 0 Å². The van der Waals surface area contributed by atoms with Gasteiger partial charge in [0.1, 0.15) is 5.75 Å². The number of hydrogen-bond acceptors (Lipinski definition) is 3. The molecule has 0 aliphatic heterocycles. The van der Waals surface area contributed by atoms with Crippen molar-refractivity contribution < 1.29 is 5.11 Å². The topological polar surface area (TPSA) is 59.1 Å². The summed E-state index contributed by atoms with van der Waals surface area (Å²) in [6.45, 7) is 0. The molecule has 0 radical (unpaired) electrons. The molecule has 0 spiro atoms. The van der Waals surface area contributed by atoms with Crippen LogP contribution in [0.5, 0.6) is 5.75 Å². The largest absolute Gasteiger partial charge is 0.506 e. The van der Waals surface area contributed by atoms with Crippen LogP contribution in [0, 0.1) is 0 Å². The number of hydrogen-bond donors (Lipinski definition) is 2. The Morgan fingerprint density at radius 3 is 2.92 bits per heavy atom. The fourth-order valence-corrected chi connectivity index (χ4v) is 1.14. The van der Waals surface area contributed by atoms with Gasteiger partial charge < -0.3 is 10.8 Å². The smallest absolute Gasteiger partial charge is 0.134 e. The molecule has 0 saturated heterocycles. The maximum atomic E-state index is 9.12. The van der Waals surface area contributed by atoms with E-state index in [1.165, 1.54) is 6.20 Å². The van der Waals surface area contributed by atoms with Gasteiger partial charge in [0.05, 0.1) is 11.7 Å². The van der Waals surface area contributed by atoms with Crippen LogP contribution in [-0.2, 0) is 0 Å². The second-order valence-electron chi connectivity index (χ2n) is 2.65. The molecule has 0 bridgehead atoms. The number of aromatic hydroxyl groups is 1. The van der Waals surface area contributed by atoms with E-state index in [1.54, 1.807) is 18.2 Å². The molecule has 1 aromatic carbocycles. The SMILES string of the molecule is Nc1ccc2ncc(O)cc2c1. The van der Waals surface area contributed by atoms with Crippen LogP contribution in [0.1, 0.15) is 0 Å². The second kappa shape index (κ2) is 2.37. The normalized spacial score (nSPS) is 10.3. The van der Waals surface area contributed by atoms with Crippen molar-refractivity contribution in [2.75, 3.05) is 5.73 Å². The molecule has 0 amide bonds. The molecule has 2 rings (SSSR count). The van der Waals surface area contributed by atoms with Crippen LogP contribution < -0.4 is 5.73 Å². The van der Waals surface area contributed by atoms with Crippen molar-refractivity contribution in [3.63, 3.8) is 0 Å². The van der Waals surface area contributed by atoms with Gasteiger partial charge in [0.15, 0.2) is 0 Å². The van der Waals surface area contributed by atoms with Crippen LogP contribution in [0.3, 0.4) is 0 Å². The van der Waals surface area contributed by atoms with E-state index in [-0.39, 0.29) is 5.75 Å². The molecule has 0 aliphatic rings. The fraction of sp³-hybridized carbons (Fsp3) is 0. The highest BCUT2D eigenvalue weighted by Gasteiger charge is 1.95. The predicted molar refractivity (Wildman–Crippen MR) is 47.8 cm³/mol. The number of benzene rings is 1. The number of nitrogen functional groups attached to an aromatic ring is 1. The highest BCUT2D eigenvalue weighted by molar-refractivity contribution is 5.82. The first-order valence-electron chi connectivity index (χ1n) is 3.60. The number of aromatic nitrogens is 1. The molecule has 2 aromatic rings. The molecular weight excluding hydrogens is 152 g/mol. The second-order valence-corrected chi connectivity index (χ2v) is 2.65. The lowest BCUT2D eigenvalue weighted by Crippen LogP contribution is -1.84. The van der Waals surface area contributed by atoms with Gasteiger partial charge >= 0.3 is 0 Å². The quantitative estimate of drug-likeness (QED) is 0.574. The van der Waals surface area contributed by atoms with E-state index in [1.807, 2.05) is 6.07 Å². The zero-order chi connectivity index (χ0) is 8.55. The lowest BCUT2D eigenvalue weighted by atomic mass is 10.2. The third-order valence-corrected chi connectivity index (χ3v) is 1.69. The summed E-state index contributed by atoms with van der Waals surface area (Å²) in [5, 5.41) is 9.97. The van der Waals surface area contributed by atoms with E-state index >= 15 is 0 Å². The third-order valence-electron chi connectivity index (χ3n) is 1.69. The zero-order valence-electron chi connectivity index (χ0n) is 6.36. The van der Waals surface area contributed by atoms with Crippen molar-refractivity contribution in [3.05, 3.63) is 30.5 Å². The van der Waals surface area contributed by atoms with Gasteiger partial charge in [-0.2, -0.15) is 0 Å². The summed E-state index contributed by atoms with van der Waals surface area (Å²) < 4.78 is 0. The highest BCUT2D eigenvalue weighted by atomic mass is 16.3. The third kappa shape index (κ3) is 1.05. The van der Waals surface area contributed by atoms with E-state index in [9.17, 15) is 0 Å².